The van der Waals surface area contributed by atoms with Gasteiger partial charge in [-0.05, 0) is 11.1 Å². The molecule has 0 fully saturated rings. The van der Waals surface area contributed by atoms with E-state index in [1.54, 1.807) is 12.4 Å². The first-order valence-corrected chi connectivity index (χ1v) is 10.3. The molecule has 0 aliphatic carbocycles. The number of hydrogen-bond donors (Lipinski definition) is 1. The lowest BCUT2D eigenvalue weighted by Gasteiger charge is -2.17. The van der Waals surface area contributed by atoms with Gasteiger partial charge in [0, 0.05) is 18.0 Å². The Morgan fingerprint density at radius 3 is 2.21 bits per heavy atom. The molecular weight excluding hydrogens is 401 g/mol. The van der Waals surface area contributed by atoms with Gasteiger partial charge >= 0.3 is 0 Å². The van der Waals surface area contributed by atoms with Crippen LogP contribution < -0.4 is 10.8 Å². The number of amides is 1. The molecular formula is C22H17BClN3OS. The second kappa shape index (κ2) is 8.60. The highest BCUT2D eigenvalue weighted by atomic mass is 35.5. The Kier molecular flexibility index (Phi) is 5.74. The number of carbonyl (C=O) groups is 1. The number of carbonyl (C=O) groups excluding carboxylic acids is 1. The third kappa shape index (κ3) is 4.39. The van der Waals surface area contributed by atoms with Crippen molar-refractivity contribution in [2.45, 2.75) is 5.92 Å². The maximum Gasteiger partial charge on any atom is 0.238 e. The smallest absolute Gasteiger partial charge is 0.238 e. The number of halogens is 1. The van der Waals surface area contributed by atoms with E-state index < -0.39 is 5.92 Å². The van der Waals surface area contributed by atoms with Crippen LogP contribution in [0.15, 0.2) is 79.1 Å². The fourth-order valence-electron chi connectivity index (χ4n) is 3.15. The maximum absolute atomic E-state index is 13.2. The summed E-state index contributed by atoms with van der Waals surface area (Å²) >= 11 is 7.61. The van der Waals surface area contributed by atoms with Gasteiger partial charge in [-0.2, -0.15) is 0 Å². The monoisotopic (exact) mass is 417 g/mol. The van der Waals surface area contributed by atoms with Crippen LogP contribution in [0.25, 0.3) is 10.4 Å². The molecule has 4 rings (SSSR count). The topological polar surface area (TPSA) is 54.9 Å². The van der Waals surface area contributed by atoms with Gasteiger partial charge in [0.2, 0.25) is 5.91 Å². The van der Waals surface area contributed by atoms with Gasteiger partial charge in [0.05, 0.1) is 10.8 Å². The zero-order valence-electron chi connectivity index (χ0n) is 15.7. The minimum atomic E-state index is -0.422. The Morgan fingerprint density at radius 1 is 0.966 bits per heavy atom. The van der Waals surface area contributed by atoms with Gasteiger partial charge in [0.15, 0.2) is 5.13 Å². The van der Waals surface area contributed by atoms with Crippen molar-refractivity contribution in [1.29, 1.82) is 0 Å². The molecule has 0 bridgehead atoms. The van der Waals surface area contributed by atoms with Crippen LogP contribution >= 0.6 is 22.9 Å². The van der Waals surface area contributed by atoms with E-state index in [4.69, 9.17) is 11.6 Å². The zero-order chi connectivity index (χ0) is 20.2. The van der Waals surface area contributed by atoms with Gasteiger partial charge in [-0.15, -0.1) is 0 Å². The maximum atomic E-state index is 13.2. The first kappa shape index (κ1) is 19.4. The van der Waals surface area contributed by atoms with Crippen LogP contribution in [0, 0.1) is 0 Å². The summed E-state index contributed by atoms with van der Waals surface area (Å²) < 4.78 is 0. The fraction of sp³-hybridized carbons (Fsp3) is 0.0455. The molecule has 0 aliphatic rings. The number of thiazole rings is 1. The van der Waals surface area contributed by atoms with Crippen molar-refractivity contribution in [2.24, 2.45) is 0 Å². The van der Waals surface area contributed by atoms with E-state index in [1.165, 1.54) is 11.3 Å². The Labute approximate surface area is 179 Å². The van der Waals surface area contributed by atoms with Crippen LogP contribution in [0.4, 0.5) is 5.13 Å². The van der Waals surface area contributed by atoms with E-state index in [1.807, 2.05) is 74.6 Å². The normalized spacial score (nSPS) is 10.8. The Balaban J connectivity index is 1.62. The summed E-state index contributed by atoms with van der Waals surface area (Å²) in [5.41, 5.74) is 3.68. The van der Waals surface area contributed by atoms with Crippen molar-refractivity contribution in [2.75, 3.05) is 5.32 Å². The predicted octanol–water partition coefficient (Wildman–Crippen LogP) is 3.89. The summed E-state index contributed by atoms with van der Waals surface area (Å²) in [5.74, 6) is -0.550. The molecule has 1 amide bonds. The first-order chi connectivity index (χ1) is 14.1. The second-order valence-electron chi connectivity index (χ2n) is 6.62. The average Bonchev–Trinajstić information content (AvgIpc) is 3.20. The zero-order valence-corrected chi connectivity index (χ0v) is 17.2. The van der Waals surface area contributed by atoms with E-state index in [0.29, 0.717) is 10.3 Å². The third-order valence-electron chi connectivity index (χ3n) is 4.51. The van der Waals surface area contributed by atoms with Crippen molar-refractivity contribution < 1.29 is 4.79 Å². The lowest BCUT2D eigenvalue weighted by Crippen LogP contribution is -2.22. The van der Waals surface area contributed by atoms with Gasteiger partial charge in [0.1, 0.15) is 13.0 Å². The van der Waals surface area contributed by atoms with E-state index in [0.717, 1.165) is 27.0 Å². The third-order valence-corrected chi connectivity index (χ3v) is 5.75. The second-order valence-corrected chi connectivity index (χ2v) is 8.01. The van der Waals surface area contributed by atoms with E-state index in [2.05, 4.69) is 15.3 Å². The van der Waals surface area contributed by atoms with Crippen LogP contribution in [0.5, 0.6) is 0 Å². The SMILES string of the molecule is Bc1cnc(Cl)c(-c2cnc(NC(=O)C(c3ccccc3)c3ccccc3)s2)c1. The molecule has 2 heterocycles. The van der Waals surface area contributed by atoms with Gasteiger partial charge in [-0.3, -0.25) is 4.79 Å². The highest BCUT2D eigenvalue weighted by Crippen LogP contribution is 2.33. The quantitative estimate of drug-likeness (QED) is 0.396. The average molecular weight is 418 g/mol. The van der Waals surface area contributed by atoms with Crippen LogP contribution in [-0.2, 0) is 4.79 Å². The molecule has 0 radical (unpaired) electrons. The number of nitrogens with zero attached hydrogens (tertiary/aromatic N) is 2. The minimum Gasteiger partial charge on any atom is -0.301 e. The molecule has 1 N–H and O–H groups in total. The number of aromatic nitrogens is 2. The van der Waals surface area contributed by atoms with E-state index >= 15 is 0 Å². The summed E-state index contributed by atoms with van der Waals surface area (Å²) in [6, 6.07) is 21.4. The highest BCUT2D eigenvalue weighted by Gasteiger charge is 2.23. The molecule has 0 spiro atoms. The first-order valence-electron chi connectivity index (χ1n) is 9.11. The van der Waals surface area contributed by atoms with Crippen LogP contribution in [0.2, 0.25) is 5.15 Å². The van der Waals surface area contributed by atoms with Crippen molar-refractivity contribution in [1.82, 2.24) is 9.97 Å². The number of pyridine rings is 1. The van der Waals surface area contributed by atoms with Crippen LogP contribution in [0.3, 0.4) is 0 Å². The largest absolute Gasteiger partial charge is 0.301 e. The molecule has 0 atom stereocenters. The number of rotatable bonds is 5. The molecule has 4 nitrogen and oxygen atoms in total. The fourth-order valence-corrected chi connectivity index (χ4v) is 4.24. The molecule has 29 heavy (non-hydrogen) atoms. The van der Waals surface area contributed by atoms with Gasteiger partial charge in [-0.1, -0.05) is 95.1 Å². The predicted molar refractivity (Wildman–Crippen MR) is 122 cm³/mol. The molecule has 142 valence electrons. The standard InChI is InChI=1S/C22H17BClN3OS/c23-16-11-17(20(24)25-12-16)18-13-26-22(29-18)27-21(28)19(14-7-3-1-4-8-14)15-9-5-2-6-10-15/h1-13,19H,23H2,(H,26,27,28). The molecule has 0 unspecified atom stereocenters. The molecule has 2 aromatic carbocycles. The summed E-state index contributed by atoms with van der Waals surface area (Å²) in [7, 11) is 1.96. The number of benzene rings is 2. The lowest BCUT2D eigenvalue weighted by atomic mass is 9.90. The minimum absolute atomic E-state index is 0.128. The number of hydrogen-bond acceptors (Lipinski definition) is 4. The number of nitrogens with one attached hydrogen (secondary N) is 1. The van der Waals surface area contributed by atoms with Crippen molar-refractivity contribution in [3.8, 4) is 10.4 Å². The summed E-state index contributed by atoms with van der Waals surface area (Å²) in [6.07, 6.45) is 3.43. The summed E-state index contributed by atoms with van der Waals surface area (Å²) in [5, 5.41) is 3.92. The molecule has 2 aromatic heterocycles. The van der Waals surface area contributed by atoms with Crippen LogP contribution in [0.1, 0.15) is 17.0 Å². The van der Waals surface area contributed by atoms with Gasteiger partial charge in [-0.25, -0.2) is 9.97 Å². The van der Waals surface area contributed by atoms with E-state index in [9.17, 15) is 4.79 Å². The summed E-state index contributed by atoms with van der Waals surface area (Å²) in [4.78, 5) is 22.6. The van der Waals surface area contributed by atoms with Gasteiger partial charge in [0.25, 0.3) is 0 Å². The van der Waals surface area contributed by atoms with Gasteiger partial charge < -0.3 is 5.32 Å². The Hall–Kier alpha value is -2.96. The Morgan fingerprint density at radius 2 is 1.59 bits per heavy atom. The van der Waals surface area contributed by atoms with Crippen molar-refractivity contribution >= 4 is 47.3 Å². The molecule has 4 aromatic rings. The Bertz CT molecular complexity index is 1100. The molecule has 0 saturated carbocycles. The van der Waals surface area contributed by atoms with Crippen molar-refractivity contribution in [3.05, 3.63) is 95.4 Å². The lowest BCUT2D eigenvalue weighted by molar-refractivity contribution is -0.116. The molecule has 0 aliphatic heterocycles. The van der Waals surface area contributed by atoms with E-state index in [-0.39, 0.29) is 5.91 Å². The molecule has 7 heteroatoms. The van der Waals surface area contributed by atoms with Crippen molar-refractivity contribution in [3.63, 3.8) is 0 Å². The number of anilines is 1. The van der Waals surface area contributed by atoms with Crippen LogP contribution in [-0.4, -0.2) is 23.7 Å². The summed E-state index contributed by atoms with van der Waals surface area (Å²) in [6.45, 7) is 0. The molecule has 0 saturated heterocycles. The highest BCUT2D eigenvalue weighted by molar-refractivity contribution is 7.19.